The Balaban J connectivity index is 1.78. The molecule has 1 aliphatic carbocycles. The van der Waals surface area contributed by atoms with E-state index in [9.17, 15) is 8.42 Å². The van der Waals surface area contributed by atoms with E-state index in [0.717, 1.165) is 18.4 Å². The second-order valence-corrected chi connectivity index (χ2v) is 8.08. The zero-order valence-corrected chi connectivity index (χ0v) is 15.1. The fourth-order valence-electron chi connectivity index (χ4n) is 2.61. The molecular weight excluding hydrogens is 348 g/mol. The lowest BCUT2D eigenvalue weighted by Crippen LogP contribution is -2.14. The fourth-order valence-corrected chi connectivity index (χ4v) is 3.83. The van der Waals surface area contributed by atoms with Gasteiger partial charge < -0.3 is 4.74 Å². The molecule has 1 fully saturated rings. The fraction of sp³-hybridized carbons (Fsp3) is 0.353. The Morgan fingerprint density at radius 2 is 2.04 bits per heavy atom. The van der Waals surface area contributed by atoms with Gasteiger partial charge >= 0.3 is 0 Å². The van der Waals surface area contributed by atoms with Crippen molar-refractivity contribution in [1.82, 2.24) is 4.98 Å². The number of benzene rings is 1. The van der Waals surface area contributed by atoms with E-state index in [-0.39, 0.29) is 16.8 Å². The number of methoxy groups -OCH3 is 1. The number of anilines is 1. The van der Waals surface area contributed by atoms with Crippen LogP contribution in [0, 0.1) is 12.8 Å². The molecular formula is C17H19ClN2O3S. The van der Waals surface area contributed by atoms with Crippen molar-refractivity contribution in [2.24, 2.45) is 5.92 Å². The molecule has 3 rings (SSSR count). The molecule has 1 saturated carbocycles. The summed E-state index contributed by atoms with van der Waals surface area (Å²) in [4.78, 5) is 4.37. The average molecular weight is 367 g/mol. The van der Waals surface area contributed by atoms with Crippen LogP contribution in [0.4, 0.5) is 5.82 Å². The molecule has 1 atom stereocenters. The lowest BCUT2D eigenvalue weighted by atomic mass is 10.1. The van der Waals surface area contributed by atoms with E-state index in [2.05, 4.69) is 9.71 Å². The summed E-state index contributed by atoms with van der Waals surface area (Å²) in [6.45, 7) is 1.76. The van der Waals surface area contributed by atoms with Gasteiger partial charge in [-0.3, -0.25) is 4.72 Å². The van der Waals surface area contributed by atoms with Crippen molar-refractivity contribution in [1.29, 1.82) is 0 Å². The molecule has 0 amide bonds. The number of hydrogen-bond acceptors (Lipinski definition) is 4. The minimum Gasteiger partial charge on any atom is -0.376 e. The topological polar surface area (TPSA) is 68.3 Å². The smallest absolute Gasteiger partial charge is 0.263 e. The monoisotopic (exact) mass is 366 g/mol. The number of pyridine rings is 1. The maximum absolute atomic E-state index is 12.4. The van der Waals surface area contributed by atoms with Crippen LogP contribution in [-0.4, -0.2) is 20.5 Å². The first-order valence-electron chi connectivity index (χ1n) is 7.68. The van der Waals surface area contributed by atoms with Gasteiger partial charge in [0, 0.05) is 18.3 Å². The third-order valence-electron chi connectivity index (χ3n) is 4.10. The van der Waals surface area contributed by atoms with Gasteiger partial charge in [0.1, 0.15) is 5.82 Å². The zero-order chi connectivity index (χ0) is 17.3. The van der Waals surface area contributed by atoms with Crippen LogP contribution in [0.15, 0.2) is 41.4 Å². The Morgan fingerprint density at radius 3 is 2.58 bits per heavy atom. The van der Waals surface area contributed by atoms with Gasteiger partial charge in [-0.15, -0.1) is 0 Å². The van der Waals surface area contributed by atoms with E-state index < -0.39 is 10.0 Å². The average Bonchev–Trinajstić information content (AvgIpc) is 3.37. The summed E-state index contributed by atoms with van der Waals surface area (Å²) in [5, 5.41) is 0.530. The number of nitrogens with zero attached hydrogens (tertiary/aromatic N) is 1. The van der Waals surface area contributed by atoms with Gasteiger partial charge in [0.05, 0.1) is 11.0 Å². The summed E-state index contributed by atoms with van der Waals surface area (Å²) >= 11 is 5.94. The second kappa shape index (κ2) is 6.70. The molecule has 128 valence electrons. The molecule has 1 aromatic carbocycles. The normalized spacial score (nSPS) is 16.0. The molecule has 0 bridgehead atoms. The summed E-state index contributed by atoms with van der Waals surface area (Å²) < 4.78 is 32.9. The van der Waals surface area contributed by atoms with Gasteiger partial charge in [-0.25, -0.2) is 13.4 Å². The van der Waals surface area contributed by atoms with Crippen molar-refractivity contribution in [3.8, 4) is 0 Å². The molecule has 7 heteroatoms. The number of sulfonamides is 1. The predicted molar refractivity (Wildman–Crippen MR) is 93.7 cm³/mol. The van der Waals surface area contributed by atoms with Crippen LogP contribution in [0.25, 0.3) is 0 Å². The van der Waals surface area contributed by atoms with Crippen LogP contribution in [0.1, 0.15) is 30.1 Å². The van der Waals surface area contributed by atoms with Crippen molar-refractivity contribution in [2.75, 3.05) is 11.8 Å². The lowest BCUT2D eigenvalue weighted by molar-refractivity contribution is 0.0843. The number of aryl methyl sites for hydroxylation is 1. The number of halogens is 1. The summed E-state index contributed by atoms with van der Waals surface area (Å²) in [7, 11) is -2.01. The van der Waals surface area contributed by atoms with Crippen LogP contribution in [0.3, 0.4) is 0 Å². The summed E-state index contributed by atoms with van der Waals surface area (Å²) in [5.74, 6) is 0.813. The predicted octanol–water partition coefficient (Wildman–Crippen LogP) is 3.94. The minimum atomic E-state index is -3.70. The molecule has 2 aromatic rings. The van der Waals surface area contributed by atoms with E-state index in [1.807, 2.05) is 6.07 Å². The lowest BCUT2D eigenvalue weighted by Gasteiger charge is -2.15. The first-order chi connectivity index (χ1) is 11.4. The molecule has 0 saturated heterocycles. The van der Waals surface area contributed by atoms with Gasteiger partial charge in [-0.1, -0.05) is 17.7 Å². The van der Waals surface area contributed by atoms with Gasteiger partial charge in [0.2, 0.25) is 0 Å². The van der Waals surface area contributed by atoms with Gasteiger partial charge in [-0.05, 0) is 61.1 Å². The molecule has 1 aliphatic rings. The molecule has 1 aromatic heterocycles. The quantitative estimate of drug-likeness (QED) is 0.840. The van der Waals surface area contributed by atoms with E-state index in [1.165, 1.54) is 12.1 Å². The van der Waals surface area contributed by atoms with E-state index >= 15 is 0 Å². The van der Waals surface area contributed by atoms with E-state index in [0.29, 0.717) is 16.5 Å². The van der Waals surface area contributed by atoms with Crippen molar-refractivity contribution in [2.45, 2.75) is 30.8 Å². The SMILES string of the molecule is COC(c1ccc(NS(=O)(=O)c2ccc(Cl)c(C)c2)nc1)C1CC1. The van der Waals surface area contributed by atoms with Gasteiger partial charge in [0.25, 0.3) is 10.0 Å². The molecule has 24 heavy (non-hydrogen) atoms. The summed E-state index contributed by atoms with van der Waals surface area (Å²) in [5.41, 5.74) is 1.67. The first kappa shape index (κ1) is 17.2. The van der Waals surface area contributed by atoms with Crippen LogP contribution in [-0.2, 0) is 14.8 Å². The third-order valence-corrected chi connectivity index (χ3v) is 5.87. The van der Waals surface area contributed by atoms with Crippen LogP contribution in [0.5, 0.6) is 0 Å². The van der Waals surface area contributed by atoms with E-state index in [4.69, 9.17) is 16.3 Å². The van der Waals surface area contributed by atoms with E-state index in [1.54, 1.807) is 32.4 Å². The van der Waals surface area contributed by atoms with Crippen molar-refractivity contribution < 1.29 is 13.2 Å². The standard InChI is InChI=1S/C17H19ClN2O3S/c1-11-9-14(6-7-15(11)18)24(21,22)20-16-8-5-13(10-19-16)17(23-2)12-3-4-12/h5-10,12,17H,3-4H2,1-2H3,(H,19,20). The summed E-state index contributed by atoms with van der Waals surface area (Å²) in [6, 6.07) is 8.09. The second-order valence-electron chi connectivity index (χ2n) is 5.99. The zero-order valence-electron chi connectivity index (χ0n) is 13.5. The van der Waals surface area contributed by atoms with Gasteiger partial charge in [-0.2, -0.15) is 0 Å². The summed E-state index contributed by atoms with van der Waals surface area (Å²) in [6.07, 6.45) is 4.00. The number of aromatic nitrogens is 1. The largest absolute Gasteiger partial charge is 0.376 e. The Kier molecular flexibility index (Phi) is 4.80. The van der Waals surface area contributed by atoms with Gasteiger partial charge in [0.15, 0.2) is 0 Å². The van der Waals surface area contributed by atoms with Crippen molar-refractivity contribution in [3.05, 3.63) is 52.7 Å². The maximum atomic E-state index is 12.4. The highest BCUT2D eigenvalue weighted by Gasteiger charge is 2.32. The highest BCUT2D eigenvalue weighted by molar-refractivity contribution is 7.92. The Bertz CT molecular complexity index is 833. The molecule has 0 radical (unpaired) electrons. The molecule has 0 spiro atoms. The number of hydrogen-bond donors (Lipinski definition) is 1. The Hall–Kier alpha value is -1.63. The van der Waals surface area contributed by atoms with Crippen LogP contribution in [0.2, 0.25) is 5.02 Å². The Morgan fingerprint density at radius 1 is 1.29 bits per heavy atom. The third kappa shape index (κ3) is 3.71. The molecule has 0 aliphatic heterocycles. The maximum Gasteiger partial charge on any atom is 0.263 e. The van der Waals surface area contributed by atoms with Crippen LogP contribution < -0.4 is 4.72 Å². The molecule has 1 heterocycles. The molecule has 1 unspecified atom stereocenters. The first-order valence-corrected chi connectivity index (χ1v) is 9.54. The molecule has 5 nitrogen and oxygen atoms in total. The van der Waals surface area contributed by atoms with Crippen LogP contribution >= 0.6 is 11.6 Å². The van der Waals surface area contributed by atoms with Crippen molar-refractivity contribution in [3.63, 3.8) is 0 Å². The number of ether oxygens (including phenoxy) is 1. The number of rotatable bonds is 6. The highest BCUT2D eigenvalue weighted by Crippen LogP contribution is 2.42. The molecule has 1 N–H and O–H groups in total. The van der Waals surface area contributed by atoms with Crippen molar-refractivity contribution >= 4 is 27.4 Å². The minimum absolute atomic E-state index is 0.0297. The Labute approximate surface area is 147 Å². The number of nitrogens with one attached hydrogen (secondary N) is 1. The highest BCUT2D eigenvalue weighted by atomic mass is 35.5.